The molecule has 0 saturated carbocycles. The fourth-order valence-electron chi connectivity index (χ4n) is 1.50. The van der Waals surface area contributed by atoms with Gasteiger partial charge in [-0.25, -0.2) is 4.98 Å². The van der Waals surface area contributed by atoms with Crippen LogP contribution in [-0.4, -0.2) is 21.9 Å². The Kier molecular flexibility index (Phi) is 4.89. The van der Waals surface area contributed by atoms with E-state index in [1.54, 1.807) is 0 Å². The number of hydrogen-bond acceptors (Lipinski definition) is 5. The molecule has 0 aliphatic carbocycles. The predicted molar refractivity (Wildman–Crippen MR) is 74.5 cm³/mol. The SMILES string of the molecule is CC(C)C(CCN)Nc1nc(C(C)(C)C)ns1. The van der Waals surface area contributed by atoms with Crippen LogP contribution in [0.1, 0.15) is 46.9 Å². The lowest BCUT2D eigenvalue weighted by molar-refractivity contribution is 0.497. The van der Waals surface area contributed by atoms with E-state index >= 15 is 0 Å². The third-order valence-electron chi connectivity index (χ3n) is 2.69. The number of nitrogens with one attached hydrogen (secondary N) is 1. The Balaban J connectivity index is 2.70. The zero-order chi connectivity index (χ0) is 13.1. The van der Waals surface area contributed by atoms with Crippen LogP contribution >= 0.6 is 11.5 Å². The highest BCUT2D eigenvalue weighted by molar-refractivity contribution is 7.09. The molecule has 0 radical (unpaired) electrons. The van der Waals surface area contributed by atoms with Gasteiger partial charge in [-0.05, 0) is 18.9 Å². The molecule has 98 valence electrons. The molecule has 0 amide bonds. The molecular weight excluding hydrogens is 232 g/mol. The first-order valence-electron chi connectivity index (χ1n) is 6.15. The van der Waals surface area contributed by atoms with E-state index in [9.17, 15) is 0 Å². The number of nitrogens with two attached hydrogens (primary N) is 1. The Bertz CT molecular complexity index is 341. The maximum atomic E-state index is 5.62. The molecule has 5 heteroatoms. The average molecular weight is 256 g/mol. The van der Waals surface area contributed by atoms with Crippen LogP contribution in [0.15, 0.2) is 0 Å². The van der Waals surface area contributed by atoms with Crippen molar-refractivity contribution >= 4 is 16.7 Å². The molecule has 3 N–H and O–H groups in total. The highest BCUT2D eigenvalue weighted by Gasteiger charge is 2.21. The van der Waals surface area contributed by atoms with Crippen LogP contribution in [-0.2, 0) is 5.41 Å². The molecule has 4 nitrogen and oxygen atoms in total. The normalized spacial score (nSPS) is 14.1. The fourth-order valence-corrected chi connectivity index (χ4v) is 2.32. The molecule has 0 spiro atoms. The molecular formula is C12H24N4S. The van der Waals surface area contributed by atoms with E-state index in [-0.39, 0.29) is 5.41 Å². The summed E-state index contributed by atoms with van der Waals surface area (Å²) in [7, 11) is 0. The summed E-state index contributed by atoms with van der Waals surface area (Å²) in [4.78, 5) is 4.54. The number of rotatable bonds is 5. The zero-order valence-corrected chi connectivity index (χ0v) is 12.3. The first-order chi connectivity index (χ1) is 7.84. The monoisotopic (exact) mass is 256 g/mol. The van der Waals surface area contributed by atoms with Gasteiger partial charge in [-0.1, -0.05) is 34.6 Å². The van der Waals surface area contributed by atoms with Crippen molar-refractivity contribution in [3.63, 3.8) is 0 Å². The summed E-state index contributed by atoms with van der Waals surface area (Å²) in [5, 5.41) is 4.34. The van der Waals surface area contributed by atoms with Crippen molar-refractivity contribution < 1.29 is 0 Å². The lowest BCUT2D eigenvalue weighted by Crippen LogP contribution is -2.28. The van der Waals surface area contributed by atoms with Crippen LogP contribution in [0.3, 0.4) is 0 Å². The molecule has 17 heavy (non-hydrogen) atoms. The summed E-state index contributed by atoms with van der Waals surface area (Å²) in [5.41, 5.74) is 5.63. The summed E-state index contributed by atoms with van der Waals surface area (Å²) >= 11 is 1.43. The Labute approximate surface area is 108 Å². The summed E-state index contributed by atoms with van der Waals surface area (Å²) < 4.78 is 4.40. The standard InChI is InChI=1S/C12H24N4S/c1-8(2)9(6-7-13)14-11-15-10(16-17-11)12(3,4)5/h8-9H,6-7,13H2,1-5H3,(H,14,15,16). The van der Waals surface area contributed by atoms with Crippen LogP contribution in [0.4, 0.5) is 5.13 Å². The highest BCUT2D eigenvalue weighted by Crippen LogP contribution is 2.24. The van der Waals surface area contributed by atoms with Crippen molar-refractivity contribution in [3.05, 3.63) is 5.82 Å². The van der Waals surface area contributed by atoms with Gasteiger partial charge in [0.15, 0.2) is 0 Å². The van der Waals surface area contributed by atoms with Crippen LogP contribution in [0.25, 0.3) is 0 Å². The van der Waals surface area contributed by atoms with Gasteiger partial charge >= 0.3 is 0 Å². The zero-order valence-electron chi connectivity index (χ0n) is 11.4. The van der Waals surface area contributed by atoms with E-state index in [2.05, 4.69) is 49.3 Å². The second-order valence-electron chi connectivity index (χ2n) is 5.75. The second-order valence-corrected chi connectivity index (χ2v) is 6.50. The quantitative estimate of drug-likeness (QED) is 0.850. The van der Waals surface area contributed by atoms with Crippen molar-refractivity contribution in [3.8, 4) is 0 Å². The molecule has 0 aliphatic rings. The Morgan fingerprint density at radius 3 is 2.41 bits per heavy atom. The third-order valence-corrected chi connectivity index (χ3v) is 3.33. The Hall–Kier alpha value is -0.680. The lowest BCUT2D eigenvalue weighted by Gasteiger charge is -2.21. The topological polar surface area (TPSA) is 63.8 Å². The van der Waals surface area contributed by atoms with Gasteiger partial charge in [-0.3, -0.25) is 0 Å². The lowest BCUT2D eigenvalue weighted by atomic mass is 9.96. The number of nitrogens with zero attached hydrogens (tertiary/aromatic N) is 2. The van der Waals surface area contributed by atoms with Gasteiger partial charge in [0.05, 0.1) is 0 Å². The third kappa shape index (κ3) is 4.24. The molecule has 0 saturated heterocycles. The molecule has 1 aromatic heterocycles. The summed E-state index contributed by atoms with van der Waals surface area (Å²) in [5.74, 6) is 1.45. The van der Waals surface area contributed by atoms with Crippen LogP contribution in [0.2, 0.25) is 0 Å². The van der Waals surface area contributed by atoms with E-state index in [1.807, 2.05) is 0 Å². The fraction of sp³-hybridized carbons (Fsp3) is 0.833. The minimum Gasteiger partial charge on any atom is -0.357 e. The molecule has 1 atom stereocenters. The molecule has 0 fully saturated rings. The first kappa shape index (κ1) is 14.4. The van der Waals surface area contributed by atoms with Crippen LogP contribution in [0, 0.1) is 5.92 Å². The van der Waals surface area contributed by atoms with Crippen molar-refractivity contribution in [1.29, 1.82) is 0 Å². The van der Waals surface area contributed by atoms with Gasteiger partial charge in [-0.15, -0.1) is 0 Å². The largest absolute Gasteiger partial charge is 0.357 e. The maximum absolute atomic E-state index is 5.62. The molecule has 1 rings (SSSR count). The molecule has 0 bridgehead atoms. The van der Waals surface area contributed by atoms with Gasteiger partial charge in [0.25, 0.3) is 0 Å². The van der Waals surface area contributed by atoms with Crippen molar-refractivity contribution in [2.24, 2.45) is 11.7 Å². The molecule has 0 aliphatic heterocycles. The van der Waals surface area contributed by atoms with Gasteiger partial charge in [0.1, 0.15) is 5.82 Å². The van der Waals surface area contributed by atoms with Crippen molar-refractivity contribution in [2.75, 3.05) is 11.9 Å². The van der Waals surface area contributed by atoms with E-state index in [0.717, 1.165) is 17.4 Å². The molecule has 1 heterocycles. The maximum Gasteiger partial charge on any atom is 0.202 e. The van der Waals surface area contributed by atoms with E-state index in [0.29, 0.717) is 18.5 Å². The smallest absolute Gasteiger partial charge is 0.202 e. The Morgan fingerprint density at radius 1 is 1.35 bits per heavy atom. The van der Waals surface area contributed by atoms with Gasteiger partial charge in [-0.2, -0.15) is 4.37 Å². The van der Waals surface area contributed by atoms with Gasteiger partial charge < -0.3 is 11.1 Å². The van der Waals surface area contributed by atoms with E-state index in [4.69, 9.17) is 5.73 Å². The highest BCUT2D eigenvalue weighted by atomic mass is 32.1. The first-order valence-corrected chi connectivity index (χ1v) is 6.92. The summed E-state index contributed by atoms with van der Waals surface area (Å²) in [6, 6.07) is 0.376. The summed E-state index contributed by atoms with van der Waals surface area (Å²) in [6.45, 7) is 11.5. The number of aromatic nitrogens is 2. The molecule has 1 aromatic rings. The van der Waals surface area contributed by atoms with E-state index in [1.165, 1.54) is 11.5 Å². The van der Waals surface area contributed by atoms with E-state index < -0.39 is 0 Å². The van der Waals surface area contributed by atoms with Crippen molar-refractivity contribution in [2.45, 2.75) is 52.5 Å². The van der Waals surface area contributed by atoms with Crippen LogP contribution < -0.4 is 11.1 Å². The predicted octanol–water partition coefficient (Wildman–Crippen LogP) is 2.62. The number of hydrogen-bond donors (Lipinski definition) is 2. The average Bonchev–Trinajstić information content (AvgIpc) is 2.64. The summed E-state index contributed by atoms with van der Waals surface area (Å²) in [6.07, 6.45) is 0.960. The minimum absolute atomic E-state index is 0.0115. The van der Waals surface area contributed by atoms with Gasteiger partial charge in [0.2, 0.25) is 5.13 Å². The van der Waals surface area contributed by atoms with Crippen molar-refractivity contribution in [1.82, 2.24) is 9.36 Å². The van der Waals surface area contributed by atoms with Gasteiger partial charge in [0, 0.05) is 23.0 Å². The van der Waals surface area contributed by atoms with Crippen LogP contribution in [0.5, 0.6) is 0 Å². The second kappa shape index (κ2) is 5.78. The minimum atomic E-state index is 0.0115. The Morgan fingerprint density at radius 2 is 2.00 bits per heavy atom. The molecule has 0 aromatic carbocycles. The number of anilines is 1. The molecule has 1 unspecified atom stereocenters.